The largest absolute Gasteiger partial charge is 0.311 e. The van der Waals surface area contributed by atoms with E-state index in [9.17, 15) is 0 Å². The van der Waals surface area contributed by atoms with Crippen LogP contribution in [0.4, 0.5) is 34.1 Å². The van der Waals surface area contributed by atoms with E-state index >= 15 is 0 Å². The monoisotopic (exact) mass is 1030 g/mol. The molecule has 4 aliphatic heterocycles. The van der Waals surface area contributed by atoms with Crippen LogP contribution in [0.15, 0.2) is 231 Å². The second kappa shape index (κ2) is 17.2. The van der Waals surface area contributed by atoms with Crippen LogP contribution in [0.1, 0.15) is 84.0 Å². The first kappa shape index (κ1) is 46.1. The number of anilines is 6. The molecule has 0 atom stereocenters. The van der Waals surface area contributed by atoms with Gasteiger partial charge >= 0.3 is 0 Å². The summed E-state index contributed by atoms with van der Waals surface area (Å²) in [5.74, 6) is 0. The smallest absolute Gasteiger partial charge is 0.123 e. The van der Waals surface area contributed by atoms with Gasteiger partial charge in [-0.15, -0.1) is 0 Å². The molecule has 10 aromatic rings. The molecule has 2 saturated heterocycles. The lowest BCUT2D eigenvalue weighted by atomic mass is 9.67. The van der Waals surface area contributed by atoms with Gasteiger partial charge in [0, 0.05) is 39.5 Å². The topological polar surface area (TPSA) is 6.48 Å². The first-order chi connectivity index (χ1) is 38.4. The van der Waals surface area contributed by atoms with Crippen molar-refractivity contribution in [3.05, 3.63) is 275 Å². The van der Waals surface area contributed by atoms with Crippen LogP contribution in [0.3, 0.4) is 0 Å². The quantitative estimate of drug-likeness (QED) is 0.121. The first-order valence-corrected chi connectivity index (χ1v) is 33.6. The molecule has 0 radical (unpaired) electrons. The van der Waals surface area contributed by atoms with E-state index in [0.717, 1.165) is 0 Å². The molecule has 4 heterocycles. The molecule has 6 aliphatic rings. The Morgan fingerprint density at radius 1 is 0.333 bits per heavy atom. The number of fused-ring (bicyclic) bond motifs is 14. The van der Waals surface area contributed by atoms with Crippen LogP contribution in [-0.4, -0.2) is 16.1 Å². The van der Waals surface area contributed by atoms with Gasteiger partial charge in [-0.2, -0.15) is 0 Å². The summed E-state index contributed by atoms with van der Waals surface area (Å²) >= 11 is 0. The normalized spacial score (nSPS) is 17.8. The lowest BCUT2D eigenvalue weighted by molar-refractivity contribution is 0.660. The average Bonchev–Trinajstić information content (AvgIpc) is 3.91. The first-order valence-electron chi connectivity index (χ1n) is 28.7. The highest BCUT2D eigenvalue weighted by molar-refractivity contribution is 7.05. The third-order valence-electron chi connectivity index (χ3n) is 19.8. The summed E-state index contributed by atoms with van der Waals surface area (Å²) in [5, 5.41) is 6.45. The molecule has 10 aromatic carbocycles. The van der Waals surface area contributed by atoms with Crippen LogP contribution in [0, 0.1) is 0 Å². The van der Waals surface area contributed by atoms with Gasteiger partial charge < -0.3 is 9.80 Å². The van der Waals surface area contributed by atoms with Crippen LogP contribution in [0.25, 0.3) is 34.4 Å². The standard InChI is InChI=1S/C74H62N2Si2/c1-73(2)61-47-51(35-39-57(61)58-41-37-55(49-62(58)73)75-65-25-9-13-29-69(65)77(43-17-18-44-77)70-30-14-10-26-66(70)75)33-34-52-36-40-59-60-42-38-56(50-64(60)74(63(59)48-52,53-21-5-3-6-22-53)54-23-7-4-8-24-54)76-67-27-11-15-31-71(67)78(45-19-20-46-78)72-32-16-12-28-68(72)76/h3-16,21-42,47-50H,17-20,43-46H2,1-2H3. The van der Waals surface area contributed by atoms with Gasteiger partial charge in [-0.1, -0.05) is 228 Å². The Kier molecular flexibility index (Phi) is 10.2. The van der Waals surface area contributed by atoms with Crippen LogP contribution in [0.5, 0.6) is 0 Å². The highest BCUT2D eigenvalue weighted by atomic mass is 28.3. The minimum Gasteiger partial charge on any atom is -0.311 e. The zero-order valence-corrected chi connectivity index (χ0v) is 46.6. The van der Waals surface area contributed by atoms with Crippen LogP contribution >= 0.6 is 0 Å². The zero-order chi connectivity index (χ0) is 51.8. The number of benzene rings is 10. The number of hydrogen-bond donors (Lipinski definition) is 0. The van der Waals surface area contributed by atoms with E-state index in [2.05, 4.69) is 266 Å². The number of rotatable bonds is 6. The van der Waals surface area contributed by atoms with Gasteiger partial charge in [0.05, 0.1) is 5.41 Å². The second-order valence-corrected chi connectivity index (χ2v) is 32.3. The third-order valence-corrected chi connectivity index (χ3v) is 30.4. The van der Waals surface area contributed by atoms with Crippen molar-refractivity contribution < 1.29 is 0 Å². The predicted molar refractivity (Wildman–Crippen MR) is 334 cm³/mol. The molecule has 2 fully saturated rings. The van der Waals surface area contributed by atoms with E-state index in [0.29, 0.717) is 0 Å². The molecule has 0 amide bonds. The van der Waals surface area contributed by atoms with Gasteiger partial charge in [-0.3, -0.25) is 0 Å². The van der Waals surface area contributed by atoms with Crippen molar-refractivity contribution in [2.75, 3.05) is 9.80 Å². The van der Waals surface area contributed by atoms with Crippen molar-refractivity contribution in [3.8, 4) is 22.3 Å². The van der Waals surface area contributed by atoms with Gasteiger partial charge in [0.1, 0.15) is 16.1 Å². The molecule has 376 valence electrons. The van der Waals surface area contributed by atoms with Gasteiger partial charge in [0.15, 0.2) is 0 Å². The SMILES string of the molecule is CC1(C)c2cc(C=Cc3ccc4c(c3)C(c3ccccc3)(c3ccccc3)c3cc(N5c6ccccc6[Si]6(CCCC6)c6ccccc65)ccc3-4)ccc2-c2ccc(N3c4ccccc4[Si]4(CCCC4)c4ccccc43)cc21. The molecule has 4 heteroatoms. The zero-order valence-electron chi connectivity index (χ0n) is 44.6. The molecule has 2 aliphatic carbocycles. The molecule has 78 heavy (non-hydrogen) atoms. The fourth-order valence-electron chi connectivity index (χ4n) is 16.3. The minimum absolute atomic E-state index is 0.178. The van der Waals surface area contributed by atoms with Crippen LogP contribution in [-0.2, 0) is 10.8 Å². The van der Waals surface area contributed by atoms with E-state index < -0.39 is 21.6 Å². The Morgan fingerprint density at radius 3 is 1.08 bits per heavy atom. The predicted octanol–water partition coefficient (Wildman–Crippen LogP) is 16.8. The van der Waals surface area contributed by atoms with E-state index in [1.54, 1.807) is 20.7 Å². The van der Waals surface area contributed by atoms with Crippen molar-refractivity contribution in [3.63, 3.8) is 0 Å². The summed E-state index contributed by atoms with van der Waals surface area (Å²) in [7, 11) is -3.70. The number of nitrogens with zero attached hydrogens (tertiary/aromatic N) is 2. The molecule has 0 bridgehead atoms. The van der Waals surface area contributed by atoms with Crippen molar-refractivity contribution >= 4 is 83.2 Å². The molecule has 16 rings (SSSR count). The van der Waals surface area contributed by atoms with E-state index in [4.69, 9.17) is 0 Å². The van der Waals surface area contributed by atoms with Gasteiger partial charge in [-0.25, -0.2) is 0 Å². The Hall–Kier alpha value is -8.03. The maximum absolute atomic E-state index is 2.60. The van der Waals surface area contributed by atoms with Crippen molar-refractivity contribution in [1.29, 1.82) is 0 Å². The Bertz CT molecular complexity index is 3960. The van der Waals surface area contributed by atoms with Crippen molar-refractivity contribution in [2.24, 2.45) is 0 Å². The highest BCUT2D eigenvalue weighted by Gasteiger charge is 2.51. The summed E-state index contributed by atoms with van der Waals surface area (Å²) in [6, 6.07) is 94.7. The summed E-state index contributed by atoms with van der Waals surface area (Å²) in [6.45, 7) is 4.86. The maximum Gasteiger partial charge on any atom is 0.123 e. The number of hydrogen-bond acceptors (Lipinski definition) is 2. The van der Waals surface area contributed by atoms with E-state index in [1.807, 2.05) is 0 Å². The summed E-state index contributed by atoms with van der Waals surface area (Å²) < 4.78 is 0. The highest BCUT2D eigenvalue weighted by Crippen LogP contribution is 2.58. The molecule has 0 saturated carbocycles. The molecule has 2 spiro atoms. The Morgan fingerprint density at radius 2 is 0.654 bits per heavy atom. The maximum atomic E-state index is 2.60. The van der Waals surface area contributed by atoms with E-state index in [1.165, 1.54) is 151 Å². The van der Waals surface area contributed by atoms with Crippen LogP contribution < -0.4 is 30.5 Å². The van der Waals surface area contributed by atoms with Crippen LogP contribution in [0.2, 0.25) is 24.2 Å². The molecule has 0 aromatic heterocycles. The molecular weight excluding hydrogens is 973 g/mol. The van der Waals surface area contributed by atoms with Gasteiger partial charge in [0.2, 0.25) is 0 Å². The fourth-order valence-corrected chi connectivity index (χ4v) is 27.4. The van der Waals surface area contributed by atoms with Crippen molar-refractivity contribution in [2.45, 2.75) is 74.5 Å². The van der Waals surface area contributed by atoms with E-state index in [-0.39, 0.29) is 5.41 Å². The fraction of sp³-hybridized carbons (Fsp3) is 0.162. The summed E-state index contributed by atoms with van der Waals surface area (Å²) in [4.78, 5) is 5.19. The number of para-hydroxylation sites is 4. The molecule has 0 N–H and O–H groups in total. The van der Waals surface area contributed by atoms with Gasteiger partial charge in [-0.05, 0) is 166 Å². The Labute approximate surface area is 462 Å². The minimum atomic E-state index is -1.89. The summed E-state index contributed by atoms with van der Waals surface area (Å²) in [6.07, 6.45) is 10.0. The summed E-state index contributed by atoms with van der Waals surface area (Å²) in [5.41, 5.74) is 23.0. The van der Waals surface area contributed by atoms with Gasteiger partial charge in [0.25, 0.3) is 0 Å². The Balaban J connectivity index is 0.781. The third kappa shape index (κ3) is 6.36. The second-order valence-electron chi connectivity index (χ2n) is 23.8. The lowest BCUT2D eigenvalue weighted by Crippen LogP contribution is -2.60. The molecule has 2 nitrogen and oxygen atoms in total. The molecular formula is C74H62N2Si2. The molecule has 0 unspecified atom stereocenters. The lowest BCUT2D eigenvalue weighted by Gasteiger charge is -2.43. The average molecular weight is 1040 g/mol. The van der Waals surface area contributed by atoms with Crippen molar-refractivity contribution in [1.82, 2.24) is 0 Å².